The van der Waals surface area contributed by atoms with E-state index < -0.39 is 12.7 Å². The number of rotatable bonds is 5. The van der Waals surface area contributed by atoms with Gasteiger partial charge in [-0.25, -0.2) is 0 Å². The Kier molecular flexibility index (Phi) is 5.62. The highest BCUT2D eigenvalue weighted by Crippen LogP contribution is 2.32. The van der Waals surface area contributed by atoms with Crippen molar-refractivity contribution < 1.29 is 18.0 Å². The van der Waals surface area contributed by atoms with E-state index in [0.29, 0.717) is 33.3 Å². The van der Waals surface area contributed by atoms with Gasteiger partial charge in [-0.05, 0) is 46.8 Å². The first-order valence-corrected chi connectivity index (χ1v) is 11.2. The number of benzene rings is 2. The van der Waals surface area contributed by atoms with Gasteiger partial charge in [0.05, 0.1) is 17.4 Å². The summed E-state index contributed by atoms with van der Waals surface area (Å²) in [7, 11) is 0. The van der Waals surface area contributed by atoms with Crippen LogP contribution in [0.2, 0.25) is 0 Å². The number of hydrogen-bond donors (Lipinski definition) is 1. The predicted octanol–water partition coefficient (Wildman–Crippen LogP) is 6.64. The van der Waals surface area contributed by atoms with Crippen molar-refractivity contribution in [3.8, 4) is 21.6 Å². The Morgan fingerprint density at radius 3 is 2.56 bits per heavy atom. The number of aromatic nitrogens is 3. The van der Waals surface area contributed by atoms with Gasteiger partial charge in [-0.3, -0.25) is 14.5 Å². The van der Waals surface area contributed by atoms with Gasteiger partial charge in [0.2, 0.25) is 0 Å². The van der Waals surface area contributed by atoms with Gasteiger partial charge < -0.3 is 5.32 Å². The molecule has 0 radical (unpaired) electrons. The summed E-state index contributed by atoms with van der Waals surface area (Å²) in [6.07, 6.45) is -0.0587. The van der Waals surface area contributed by atoms with E-state index in [9.17, 15) is 18.0 Å². The topological polar surface area (TPSA) is 59.8 Å². The number of hydrogen-bond acceptors (Lipinski definition) is 4. The number of nitrogens with zero attached hydrogens (tertiary/aromatic N) is 3. The number of amides is 1. The van der Waals surface area contributed by atoms with Crippen molar-refractivity contribution in [2.24, 2.45) is 0 Å². The van der Waals surface area contributed by atoms with Crippen LogP contribution in [0.3, 0.4) is 0 Å². The number of carbonyl (C=O) groups is 1. The van der Waals surface area contributed by atoms with Crippen molar-refractivity contribution in [3.63, 3.8) is 0 Å². The van der Waals surface area contributed by atoms with E-state index in [4.69, 9.17) is 0 Å². The molecule has 34 heavy (non-hydrogen) atoms. The molecule has 1 amide bonds. The van der Waals surface area contributed by atoms with Crippen molar-refractivity contribution in [2.75, 3.05) is 5.32 Å². The summed E-state index contributed by atoms with van der Waals surface area (Å²) in [5.41, 5.74) is 3.79. The van der Waals surface area contributed by atoms with Gasteiger partial charge in [0.25, 0.3) is 5.91 Å². The number of para-hydroxylation sites is 1. The molecule has 0 fully saturated rings. The van der Waals surface area contributed by atoms with Gasteiger partial charge in [-0.15, -0.1) is 11.3 Å². The van der Waals surface area contributed by atoms with Gasteiger partial charge in [-0.1, -0.05) is 30.3 Å². The molecule has 0 spiro atoms. The Hall–Kier alpha value is -3.98. The number of pyridine rings is 1. The van der Waals surface area contributed by atoms with Crippen molar-refractivity contribution in [2.45, 2.75) is 12.7 Å². The van der Waals surface area contributed by atoms with Crippen LogP contribution in [-0.2, 0) is 6.54 Å². The molecule has 9 heteroatoms. The number of thiophene rings is 1. The van der Waals surface area contributed by atoms with E-state index in [2.05, 4.69) is 15.4 Å². The molecule has 170 valence electrons. The third kappa shape index (κ3) is 4.55. The second-order valence-electron chi connectivity index (χ2n) is 7.61. The largest absolute Gasteiger partial charge is 0.408 e. The smallest absolute Gasteiger partial charge is 0.320 e. The molecule has 0 aliphatic heterocycles. The predicted molar refractivity (Wildman–Crippen MR) is 127 cm³/mol. The standard InChI is InChI=1S/C25H17F3N4OS/c26-25(27,28)15-32-14-18(13-30-32)19-10-11-29-23-20(19)3-1-4-21(23)31-24(33)17-8-6-16(7-9-17)22-5-2-12-34-22/h1-14H,15H2,(H,31,33). The van der Waals surface area contributed by atoms with Gasteiger partial charge in [0.15, 0.2) is 0 Å². The van der Waals surface area contributed by atoms with Crippen LogP contribution in [0.4, 0.5) is 18.9 Å². The summed E-state index contributed by atoms with van der Waals surface area (Å²) < 4.78 is 39.0. The molecule has 5 nitrogen and oxygen atoms in total. The molecule has 5 rings (SSSR count). The minimum atomic E-state index is -4.36. The van der Waals surface area contributed by atoms with Gasteiger partial charge >= 0.3 is 6.18 Å². The molecule has 0 unspecified atom stereocenters. The van der Waals surface area contributed by atoms with Crippen LogP contribution in [-0.4, -0.2) is 26.8 Å². The fraction of sp³-hybridized carbons (Fsp3) is 0.0800. The van der Waals surface area contributed by atoms with Crippen LogP contribution in [0.25, 0.3) is 32.5 Å². The monoisotopic (exact) mass is 478 g/mol. The number of anilines is 1. The number of carbonyl (C=O) groups excluding carboxylic acids is 1. The average Bonchev–Trinajstić information content (AvgIpc) is 3.50. The molecular formula is C25H17F3N4OS. The third-order valence-corrected chi connectivity index (χ3v) is 6.18. The highest BCUT2D eigenvalue weighted by molar-refractivity contribution is 7.13. The maximum atomic E-state index is 12.9. The van der Waals surface area contributed by atoms with Crippen LogP contribution in [0.15, 0.2) is 84.6 Å². The van der Waals surface area contributed by atoms with Crippen molar-refractivity contribution in [3.05, 3.63) is 90.2 Å². The lowest BCUT2D eigenvalue weighted by molar-refractivity contribution is -0.142. The zero-order valence-corrected chi connectivity index (χ0v) is 18.4. The van der Waals surface area contributed by atoms with E-state index >= 15 is 0 Å². The van der Waals surface area contributed by atoms with Crippen LogP contribution in [0.5, 0.6) is 0 Å². The number of fused-ring (bicyclic) bond motifs is 1. The van der Waals surface area contributed by atoms with Gasteiger partial charge in [0.1, 0.15) is 6.54 Å². The molecular weight excluding hydrogens is 461 g/mol. The van der Waals surface area contributed by atoms with Crippen LogP contribution < -0.4 is 5.32 Å². The second-order valence-corrected chi connectivity index (χ2v) is 8.56. The fourth-order valence-electron chi connectivity index (χ4n) is 3.72. The maximum Gasteiger partial charge on any atom is 0.408 e. The molecule has 2 aromatic carbocycles. The SMILES string of the molecule is O=C(Nc1cccc2c(-c3cnn(CC(F)(F)F)c3)ccnc12)c1ccc(-c2cccs2)cc1. The average molecular weight is 478 g/mol. The summed E-state index contributed by atoms with van der Waals surface area (Å²) in [6.45, 7) is -1.16. The zero-order chi connectivity index (χ0) is 23.7. The first-order valence-electron chi connectivity index (χ1n) is 10.3. The first-order chi connectivity index (χ1) is 16.4. The number of nitrogens with one attached hydrogen (secondary N) is 1. The van der Waals surface area contributed by atoms with E-state index in [0.717, 1.165) is 15.1 Å². The van der Waals surface area contributed by atoms with E-state index in [1.807, 2.05) is 35.7 Å². The Labute approximate surface area is 196 Å². The van der Waals surface area contributed by atoms with Crippen molar-refractivity contribution in [1.82, 2.24) is 14.8 Å². The van der Waals surface area contributed by atoms with E-state index in [-0.39, 0.29) is 5.91 Å². The van der Waals surface area contributed by atoms with E-state index in [1.165, 1.54) is 12.4 Å². The molecule has 0 aliphatic rings. The first kappa shape index (κ1) is 21.8. The molecule has 0 saturated heterocycles. The molecule has 0 aliphatic carbocycles. The molecule has 1 N–H and O–H groups in total. The number of halogens is 3. The summed E-state index contributed by atoms with van der Waals surface area (Å²) in [4.78, 5) is 18.4. The Morgan fingerprint density at radius 2 is 1.82 bits per heavy atom. The van der Waals surface area contributed by atoms with Crippen molar-refractivity contribution in [1.29, 1.82) is 0 Å². The molecule has 3 aromatic heterocycles. The fourth-order valence-corrected chi connectivity index (χ4v) is 4.46. The van der Waals surface area contributed by atoms with Crippen LogP contribution >= 0.6 is 11.3 Å². The minimum absolute atomic E-state index is 0.282. The highest BCUT2D eigenvalue weighted by Gasteiger charge is 2.28. The summed E-state index contributed by atoms with van der Waals surface area (Å²) in [6, 6.07) is 18.4. The highest BCUT2D eigenvalue weighted by atomic mass is 32.1. The minimum Gasteiger partial charge on any atom is -0.320 e. The molecule has 3 heterocycles. The van der Waals surface area contributed by atoms with Crippen LogP contribution in [0, 0.1) is 0 Å². The Balaban J connectivity index is 1.42. The molecule has 5 aromatic rings. The van der Waals surface area contributed by atoms with E-state index in [1.54, 1.807) is 47.9 Å². The second kappa shape index (κ2) is 8.75. The maximum absolute atomic E-state index is 12.9. The summed E-state index contributed by atoms with van der Waals surface area (Å²) in [5, 5.41) is 9.42. The molecule has 0 atom stereocenters. The lowest BCUT2D eigenvalue weighted by Crippen LogP contribution is -2.17. The Bertz CT molecular complexity index is 1460. The third-order valence-electron chi connectivity index (χ3n) is 5.26. The van der Waals surface area contributed by atoms with Gasteiger partial charge in [0, 0.05) is 33.8 Å². The summed E-state index contributed by atoms with van der Waals surface area (Å²) in [5.74, 6) is -0.282. The van der Waals surface area contributed by atoms with Crippen molar-refractivity contribution >= 4 is 33.8 Å². The zero-order valence-electron chi connectivity index (χ0n) is 17.6. The molecule has 0 saturated carbocycles. The number of alkyl halides is 3. The quantitative estimate of drug-likeness (QED) is 0.308. The lowest BCUT2D eigenvalue weighted by atomic mass is 10.0. The summed E-state index contributed by atoms with van der Waals surface area (Å²) >= 11 is 1.63. The lowest BCUT2D eigenvalue weighted by Gasteiger charge is -2.11. The van der Waals surface area contributed by atoms with Gasteiger partial charge in [-0.2, -0.15) is 18.3 Å². The normalized spacial score (nSPS) is 11.6. The Morgan fingerprint density at radius 1 is 1.00 bits per heavy atom. The van der Waals surface area contributed by atoms with Crippen LogP contribution in [0.1, 0.15) is 10.4 Å². The molecule has 0 bridgehead atoms.